The maximum atomic E-state index is 9.44. The number of piperidine rings is 1. The fourth-order valence-corrected chi connectivity index (χ4v) is 3.23. The standard InChI is InChI=1S/C17H29N3O.2ClH/c1-14(21)11-20-8-6-15(7-9-20)12-19(2)13-16-4-3-5-17(18)10-16;;/h3-5,10,14-15,21H,6-9,11-13,18H2,1-2H3;2*1H. The second-order valence-electron chi connectivity index (χ2n) is 6.53. The van der Waals surface area contributed by atoms with E-state index in [1.807, 2.05) is 19.1 Å². The number of likely N-dealkylation sites (tertiary alicyclic amines) is 1. The number of rotatable bonds is 6. The molecule has 4 nitrogen and oxygen atoms in total. The Hall–Kier alpha value is -0.520. The van der Waals surface area contributed by atoms with Crippen molar-refractivity contribution in [3.05, 3.63) is 29.8 Å². The Kier molecular flexibility index (Phi) is 10.9. The minimum absolute atomic E-state index is 0. The van der Waals surface area contributed by atoms with Gasteiger partial charge >= 0.3 is 0 Å². The van der Waals surface area contributed by atoms with Crippen molar-refractivity contribution in [3.63, 3.8) is 0 Å². The van der Waals surface area contributed by atoms with Crippen LogP contribution in [0.1, 0.15) is 25.3 Å². The zero-order chi connectivity index (χ0) is 15.2. The molecule has 1 atom stereocenters. The molecule has 1 unspecified atom stereocenters. The summed E-state index contributed by atoms with van der Waals surface area (Å²) in [7, 11) is 2.19. The number of nitrogen functional groups attached to an aromatic ring is 1. The van der Waals surface area contributed by atoms with E-state index in [9.17, 15) is 5.11 Å². The number of nitrogens with zero attached hydrogens (tertiary/aromatic N) is 2. The highest BCUT2D eigenvalue weighted by Gasteiger charge is 2.21. The highest BCUT2D eigenvalue weighted by Crippen LogP contribution is 2.19. The summed E-state index contributed by atoms with van der Waals surface area (Å²) in [6.07, 6.45) is 2.25. The Morgan fingerprint density at radius 2 is 1.96 bits per heavy atom. The smallest absolute Gasteiger partial charge is 0.0639 e. The molecule has 1 heterocycles. The molecule has 1 aromatic rings. The highest BCUT2D eigenvalue weighted by molar-refractivity contribution is 5.85. The molecule has 0 aliphatic carbocycles. The molecule has 134 valence electrons. The Balaban J connectivity index is 0.00000242. The Morgan fingerprint density at radius 3 is 2.52 bits per heavy atom. The van der Waals surface area contributed by atoms with Gasteiger partial charge in [0, 0.05) is 25.3 Å². The largest absolute Gasteiger partial charge is 0.399 e. The molecule has 2 rings (SSSR count). The number of hydrogen-bond donors (Lipinski definition) is 2. The van der Waals surface area contributed by atoms with E-state index >= 15 is 0 Å². The van der Waals surface area contributed by atoms with Crippen molar-refractivity contribution >= 4 is 30.5 Å². The summed E-state index contributed by atoms with van der Waals surface area (Å²) < 4.78 is 0. The molecule has 1 fully saturated rings. The van der Waals surface area contributed by atoms with Crippen molar-refractivity contribution in [2.45, 2.75) is 32.4 Å². The Bertz CT molecular complexity index is 438. The van der Waals surface area contributed by atoms with Crippen LogP contribution >= 0.6 is 24.8 Å². The summed E-state index contributed by atoms with van der Waals surface area (Å²) in [5.74, 6) is 0.765. The first kappa shape index (κ1) is 22.5. The zero-order valence-corrected chi connectivity index (χ0v) is 15.8. The third kappa shape index (κ3) is 8.23. The van der Waals surface area contributed by atoms with E-state index in [-0.39, 0.29) is 30.9 Å². The molecule has 0 saturated carbocycles. The van der Waals surface area contributed by atoms with Crippen LogP contribution in [0.4, 0.5) is 5.69 Å². The topological polar surface area (TPSA) is 52.7 Å². The van der Waals surface area contributed by atoms with E-state index in [2.05, 4.69) is 29.0 Å². The van der Waals surface area contributed by atoms with Gasteiger partial charge in [0.15, 0.2) is 0 Å². The van der Waals surface area contributed by atoms with Crippen molar-refractivity contribution in [1.29, 1.82) is 0 Å². The number of benzene rings is 1. The summed E-state index contributed by atoms with van der Waals surface area (Å²) in [5.41, 5.74) is 7.95. The Morgan fingerprint density at radius 1 is 1.30 bits per heavy atom. The maximum absolute atomic E-state index is 9.44. The number of aliphatic hydroxyl groups is 1. The molecule has 0 bridgehead atoms. The van der Waals surface area contributed by atoms with Gasteiger partial charge < -0.3 is 20.6 Å². The van der Waals surface area contributed by atoms with E-state index in [0.29, 0.717) is 0 Å². The number of hydrogen-bond acceptors (Lipinski definition) is 4. The van der Waals surface area contributed by atoms with Gasteiger partial charge in [-0.05, 0) is 63.5 Å². The second-order valence-corrected chi connectivity index (χ2v) is 6.53. The van der Waals surface area contributed by atoms with Crippen LogP contribution in [0, 0.1) is 5.92 Å². The molecule has 23 heavy (non-hydrogen) atoms. The van der Waals surface area contributed by atoms with Crippen molar-refractivity contribution < 1.29 is 5.11 Å². The lowest BCUT2D eigenvalue weighted by atomic mass is 9.96. The van der Waals surface area contributed by atoms with Crippen LogP contribution in [0.15, 0.2) is 24.3 Å². The fourth-order valence-electron chi connectivity index (χ4n) is 3.23. The van der Waals surface area contributed by atoms with Crippen LogP contribution in [0.2, 0.25) is 0 Å². The predicted octanol–water partition coefficient (Wildman–Crippen LogP) is 2.64. The molecule has 1 saturated heterocycles. The summed E-state index contributed by atoms with van der Waals surface area (Å²) in [5, 5.41) is 9.44. The van der Waals surface area contributed by atoms with Crippen LogP contribution < -0.4 is 5.73 Å². The second kappa shape index (κ2) is 11.1. The first-order valence-corrected chi connectivity index (χ1v) is 7.96. The van der Waals surface area contributed by atoms with E-state index in [1.165, 1.54) is 18.4 Å². The van der Waals surface area contributed by atoms with E-state index < -0.39 is 0 Å². The van der Waals surface area contributed by atoms with Gasteiger partial charge in [-0.2, -0.15) is 0 Å². The average Bonchev–Trinajstić information content (AvgIpc) is 2.40. The van der Waals surface area contributed by atoms with E-state index in [1.54, 1.807) is 0 Å². The monoisotopic (exact) mass is 363 g/mol. The maximum Gasteiger partial charge on any atom is 0.0639 e. The molecule has 1 aliphatic heterocycles. The molecule has 0 amide bonds. The van der Waals surface area contributed by atoms with Crippen LogP contribution in [-0.4, -0.2) is 54.2 Å². The lowest BCUT2D eigenvalue weighted by Crippen LogP contribution is -2.40. The Labute approximate surface area is 152 Å². The van der Waals surface area contributed by atoms with Gasteiger partial charge in [0.2, 0.25) is 0 Å². The quantitative estimate of drug-likeness (QED) is 0.762. The molecule has 0 aromatic heterocycles. The molecule has 1 aliphatic rings. The number of aliphatic hydroxyl groups excluding tert-OH is 1. The third-order valence-corrected chi connectivity index (χ3v) is 4.20. The van der Waals surface area contributed by atoms with E-state index in [4.69, 9.17) is 5.73 Å². The predicted molar refractivity (Wildman–Crippen MR) is 103 cm³/mol. The summed E-state index contributed by atoms with van der Waals surface area (Å²) in [4.78, 5) is 4.77. The molecule has 0 radical (unpaired) electrons. The van der Waals surface area contributed by atoms with Gasteiger partial charge in [0.05, 0.1) is 6.10 Å². The van der Waals surface area contributed by atoms with E-state index in [0.717, 1.165) is 44.3 Å². The summed E-state index contributed by atoms with van der Waals surface area (Å²) in [6.45, 7) is 7.00. The van der Waals surface area contributed by atoms with Gasteiger partial charge in [-0.25, -0.2) is 0 Å². The number of halogens is 2. The summed E-state index contributed by atoms with van der Waals surface area (Å²) >= 11 is 0. The first-order chi connectivity index (χ1) is 10.0. The fraction of sp³-hybridized carbons (Fsp3) is 0.647. The van der Waals surface area contributed by atoms with Crippen LogP contribution in [0.5, 0.6) is 0 Å². The highest BCUT2D eigenvalue weighted by atomic mass is 35.5. The lowest BCUT2D eigenvalue weighted by Gasteiger charge is -2.34. The number of β-amino-alcohol motifs (C(OH)–C–C–N with tert-alkyl or cyclic N) is 1. The van der Waals surface area contributed by atoms with Gasteiger partial charge in [-0.3, -0.25) is 0 Å². The first-order valence-electron chi connectivity index (χ1n) is 7.96. The van der Waals surface area contributed by atoms with Crippen molar-refractivity contribution in [2.75, 3.05) is 39.0 Å². The molecular weight excluding hydrogens is 333 g/mol. The van der Waals surface area contributed by atoms with Crippen LogP contribution in [0.25, 0.3) is 0 Å². The van der Waals surface area contributed by atoms with Gasteiger partial charge in [0.1, 0.15) is 0 Å². The van der Waals surface area contributed by atoms with Crippen molar-refractivity contribution in [2.24, 2.45) is 5.92 Å². The van der Waals surface area contributed by atoms with Gasteiger partial charge in [-0.1, -0.05) is 12.1 Å². The normalized spacial score (nSPS) is 17.4. The number of nitrogens with two attached hydrogens (primary N) is 1. The molecule has 6 heteroatoms. The zero-order valence-electron chi connectivity index (χ0n) is 14.1. The lowest BCUT2D eigenvalue weighted by molar-refractivity contribution is 0.0919. The van der Waals surface area contributed by atoms with Gasteiger partial charge in [0.25, 0.3) is 0 Å². The SMILES string of the molecule is CC(O)CN1CCC(CN(C)Cc2cccc(N)c2)CC1.Cl.Cl. The molecular formula is C17H31Cl2N3O. The molecule has 3 N–H and O–H groups in total. The third-order valence-electron chi connectivity index (χ3n) is 4.20. The van der Waals surface area contributed by atoms with Gasteiger partial charge in [-0.15, -0.1) is 24.8 Å². The van der Waals surface area contributed by atoms with Crippen molar-refractivity contribution in [1.82, 2.24) is 9.80 Å². The average molecular weight is 364 g/mol. The van der Waals surface area contributed by atoms with Crippen molar-refractivity contribution in [3.8, 4) is 0 Å². The molecule has 1 aromatic carbocycles. The number of anilines is 1. The van der Waals surface area contributed by atoms with Crippen LogP contribution in [0.3, 0.4) is 0 Å². The summed E-state index contributed by atoms with van der Waals surface area (Å²) in [6, 6.07) is 8.15. The van der Waals surface area contributed by atoms with Crippen LogP contribution in [-0.2, 0) is 6.54 Å². The minimum atomic E-state index is -0.215. The minimum Gasteiger partial charge on any atom is -0.399 e. The molecule has 0 spiro atoms.